The minimum absolute atomic E-state index is 0.347. The van der Waals surface area contributed by atoms with E-state index in [1.807, 2.05) is 12.1 Å². The quantitative estimate of drug-likeness (QED) is 0.876. The third kappa shape index (κ3) is 4.06. The first-order chi connectivity index (χ1) is 9.17. The Kier molecular flexibility index (Phi) is 4.52. The van der Waals surface area contributed by atoms with Gasteiger partial charge in [-0.25, -0.2) is 0 Å². The van der Waals surface area contributed by atoms with E-state index in [4.69, 9.17) is 11.6 Å². The summed E-state index contributed by atoms with van der Waals surface area (Å²) in [4.78, 5) is 4.35. The van der Waals surface area contributed by atoms with E-state index >= 15 is 0 Å². The van der Waals surface area contributed by atoms with Crippen molar-refractivity contribution in [1.29, 1.82) is 0 Å². The highest BCUT2D eigenvalue weighted by molar-refractivity contribution is 6.30. The number of anilines is 3. The zero-order valence-electron chi connectivity index (χ0n) is 10.9. The van der Waals surface area contributed by atoms with E-state index in [0.717, 1.165) is 12.1 Å². The summed E-state index contributed by atoms with van der Waals surface area (Å²) in [5.41, 5.74) is 0.867. The van der Waals surface area contributed by atoms with Gasteiger partial charge in [0.25, 0.3) is 0 Å². The Labute approximate surface area is 117 Å². The molecule has 0 amide bonds. The second-order valence-corrected chi connectivity index (χ2v) is 4.69. The van der Waals surface area contributed by atoms with Crippen molar-refractivity contribution in [2.24, 2.45) is 0 Å². The first kappa shape index (κ1) is 13.5. The average Bonchev–Trinajstić information content (AvgIpc) is 2.42. The normalized spacial score (nSPS) is 11.9. The van der Waals surface area contributed by atoms with Crippen LogP contribution in [0, 0.1) is 0 Å². The molecule has 1 heterocycles. The van der Waals surface area contributed by atoms with Crippen LogP contribution >= 0.6 is 11.6 Å². The fourth-order valence-corrected chi connectivity index (χ4v) is 1.57. The number of rotatable bonds is 5. The highest BCUT2D eigenvalue weighted by Gasteiger charge is 2.03. The molecule has 0 spiro atoms. The van der Waals surface area contributed by atoms with Crippen molar-refractivity contribution in [3.05, 3.63) is 35.5 Å². The molecule has 0 aliphatic heterocycles. The number of benzene rings is 1. The first-order valence-electron chi connectivity index (χ1n) is 6.16. The van der Waals surface area contributed by atoms with E-state index in [1.54, 1.807) is 18.3 Å². The molecule has 0 radical (unpaired) electrons. The van der Waals surface area contributed by atoms with Gasteiger partial charge < -0.3 is 10.6 Å². The second-order valence-electron chi connectivity index (χ2n) is 4.25. The van der Waals surface area contributed by atoms with Gasteiger partial charge >= 0.3 is 0 Å². The minimum atomic E-state index is 0.347. The molecule has 100 valence electrons. The topological polar surface area (TPSA) is 62.7 Å². The van der Waals surface area contributed by atoms with Crippen LogP contribution in [0.15, 0.2) is 30.5 Å². The van der Waals surface area contributed by atoms with E-state index < -0.39 is 0 Å². The lowest BCUT2D eigenvalue weighted by atomic mass is 10.3. The van der Waals surface area contributed by atoms with Crippen LogP contribution in [0.3, 0.4) is 0 Å². The number of nitrogens with one attached hydrogen (secondary N) is 2. The Bertz CT molecular complexity index is 529. The maximum Gasteiger partial charge on any atom is 0.249 e. The summed E-state index contributed by atoms with van der Waals surface area (Å²) in [6.45, 7) is 4.20. The summed E-state index contributed by atoms with van der Waals surface area (Å²) in [6, 6.07) is 7.68. The van der Waals surface area contributed by atoms with Crippen molar-refractivity contribution in [3.8, 4) is 0 Å². The molecule has 0 saturated carbocycles. The van der Waals surface area contributed by atoms with E-state index in [0.29, 0.717) is 22.8 Å². The Balaban J connectivity index is 2.08. The predicted octanol–water partition coefficient (Wildman–Crippen LogP) is 3.48. The summed E-state index contributed by atoms with van der Waals surface area (Å²) < 4.78 is 0. The molecule has 5 nitrogen and oxygen atoms in total. The number of nitrogens with zero attached hydrogens (tertiary/aromatic N) is 3. The zero-order chi connectivity index (χ0) is 13.7. The maximum absolute atomic E-state index is 5.83. The summed E-state index contributed by atoms with van der Waals surface area (Å²) in [7, 11) is 0. The van der Waals surface area contributed by atoms with Crippen LogP contribution in [0.4, 0.5) is 17.5 Å². The molecule has 2 N–H and O–H groups in total. The number of hydrogen-bond acceptors (Lipinski definition) is 5. The van der Waals surface area contributed by atoms with Gasteiger partial charge in [-0.2, -0.15) is 10.1 Å². The lowest BCUT2D eigenvalue weighted by molar-refractivity contribution is 0.755. The molecule has 0 bridgehead atoms. The van der Waals surface area contributed by atoms with Crippen LogP contribution in [0.5, 0.6) is 0 Å². The van der Waals surface area contributed by atoms with Gasteiger partial charge in [-0.05, 0) is 37.6 Å². The Hall–Kier alpha value is -1.88. The van der Waals surface area contributed by atoms with Crippen LogP contribution < -0.4 is 10.6 Å². The van der Waals surface area contributed by atoms with Crippen molar-refractivity contribution in [3.63, 3.8) is 0 Å². The molecule has 0 fully saturated rings. The lowest BCUT2D eigenvalue weighted by Crippen LogP contribution is -2.15. The standard InChI is InChI=1S/C13H16ClN5/c1-3-9(2)16-12-8-15-19-13(18-12)17-11-6-4-10(14)5-7-11/h4-9H,3H2,1-2H3,(H2,16,17,18,19). The molecule has 1 unspecified atom stereocenters. The second kappa shape index (κ2) is 6.33. The van der Waals surface area contributed by atoms with Gasteiger partial charge in [-0.1, -0.05) is 18.5 Å². The van der Waals surface area contributed by atoms with Crippen LogP contribution in [-0.4, -0.2) is 21.2 Å². The zero-order valence-corrected chi connectivity index (χ0v) is 11.6. The van der Waals surface area contributed by atoms with Crippen molar-refractivity contribution < 1.29 is 0 Å². The summed E-state index contributed by atoms with van der Waals surface area (Å²) >= 11 is 5.83. The SMILES string of the molecule is CCC(C)Nc1cnnc(Nc2ccc(Cl)cc2)n1. The average molecular weight is 278 g/mol. The molecule has 2 rings (SSSR count). The number of halogens is 1. The lowest BCUT2D eigenvalue weighted by Gasteiger charge is -2.12. The molecular weight excluding hydrogens is 262 g/mol. The molecule has 0 aliphatic rings. The van der Waals surface area contributed by atoms with Crippen molar-refractivity contribution >= 4 is 29.1 Å². The van der Waals surface area contributed by atoms with Gasteiger partial charge in [0.15, 0.2) is 5.82 Å². The van der Waals surface area contributed by atoms with E-state index in [1.165, 1.54) is 0 Å². The Morgan fingerprint density at radius 2 is 2.00 bits per heavy atom. The maximum atomic E-state index is 5.83. The fraction of sp³-hybridized carbons (Fsp3) is 0.308. The van der Waals surface area contributed by atoms with Crippen LogP contribution in [0.2, 0.25) is 5.02 Å². The summed E-state index contributed by atoms with van der Waals surface area (Å²) in [5, 5.41) is 14.9. The minimum Gasteiger partial charge on any atom is -0.366 e. The van der Waals surface area contributed by atoms with Gasteiger partial charge in [0, 0.05) is 16.8 Å². The van der Waals surface area contributed by atoms with Crippen LogP contribution in [-0.2, 0) is 0 Å². The predicted molar refractivity (Wildman–Crippen MR) is 77.9 cm³/mol. The Morgan fingerprint density at radius 1 is 1.26 bits per heavy atom. The third-order valence-corrected chi connectivity index (χ3v) is 2.92. The van der Waals surface area contributed by atoms with Gasteiger partial charge in [0.2, 0.25) is 5.95 Å². The van der Waals surface area contributed by atoms with Gasteiger partial charge in [-0.3, -0.25) is 0 Å². The van der Waals surface area contributed by atoms with Gasteiger partial charge in [-0.15, -0.1) is 5.10 Å². The molecule has 1 aromatic carbocycles. The summed E-state index contributed by atoms with van der Waals surface area (Å²) in [5.74, 6) is 1.16. The van der Waals surface area contributed by atoms with Crippen molar-refractivity contribution in [2.45, 2.75) is 26.3 Å². The highest BCUT2D eigenvalue weighted by atomic mass is 35.5. The molecular formula is C13H16ClN5. The van der Waals surface area contributed by atoms with E-state index in [9.17, 15) is 0 Å². The van der Waals surface area contributed by atoms with Crippen LogP contribution in [0.1, 0.15) is 20.3 Å². The molecule has 2 aromatic rings. The number of aromatic nitrogens is 3. The third-order valence-electron chi connectivity index (χ3n) is 2.67. The molecule has 6 heteroatoms. The van der Waals surface area contributed by atoms with Gasteiger partial charge in [0.05, 0.1) is 6.20 Å². The number of hydrogen-bond donors (Lipinski definition) is 2. The molecule has 1 atom stereocenters. The van der Waals surface area contributed by atoms with Gasteiger partial charge in [0.1, 0.15) is 0 Å². The highest BCUT2D eigenvalue weighted by Crippen LogP contribution is 2.17. The van der Waals surface area contributed by atoms with Crippen LogP contribution in [0.25, 0.3) is 0 Å². The fourth-order valence-electron chi connectivity index (χ4n) is 1.44. The monoisotopic (exact) mass is 277 g/mol. The molecule has 1 aromatic heterocycles. The first-order valence-corrected chi connectivity index (χ1v) is 6.54. The van der Waals surface area contributed by atoms with E-state index in [2.05, 4.69) is 39.7 Å². The van der Waals surface area contributed by atoms with Crippen molar-refractivity contribution in [2.75, 3.05) is 10.6 Å². The molecule has 0 aliphatic carbocycles. The smallest absolute Gasteiger partial charge is 0.249 e. The van der Waals surface area contributed by atoms with E-state index in [-0.39, 0.29) is 0 Å². The largest absolute Gasteiger partial charge is 0.366 e. The molecule has 19 heavy (non-hydrogen) atoms. The molecule has 0 saturated heterocycles. The van der Waals surface area contributed by atoms with Crippen molar-refractivity contribution in [1.82, 2.24) is 15.2 Å². The Morgan fingerprint density at radius 3 is 2.68 bits per heavy atom. The summed E-state index contributed by atoms with van der Waals surface area (Å²) in [6.07, 6.45) is 2.63.